The zero-order valence-electron chi connectivity index (χ0n) is 8.25. The molecule has 4 heteroatoms. The van der Waals surface area contributed by atoms with Crippen molar-refractivity contribution in [3.05, 3.63) is 35.9 Å². The smallest absolute Gasteiger partial charge is 0.135 e. The van der Waals surface area contributed by atoms with Gasteiger partial charge in [0.15, 0.2) is 0 Å². The lowest BCUT2D eigenvalue weighted by atomic mass is 10.2. The van der Waals surface area contributed by atoms with E-state index in [1.807, 2.05) is 18.2 Å². The van der Waals surface area contributed by atoms with Crippen LogP contribution in [0.25, 0.3) is 0 Å². The summed E-state index contributed by atoms with van der Waals surface area (Å²) < 4.78 is 0. The van der Waals surface area contributed by atoms with E-state index in [9.17, 15) is 0 Å². The van der Waals surface area contributed by atoms with Gasteiger partial charge in [-0.3, -0.25) is 4.99 Å². The molecule has 0 saturated carbocycles. The molecule has 0 N–H and O–H groups in total. The van der Waals surface area contributed by atoms with Crippen LogP contribution in [0, 0.1) is 10.7 Å². The standard InChI is InChI=1S/C11H10N2S2/c1-8-10(14-7-12)13-11(15-8)9-5-3-2-4-6-9/h2-6,8,10H,1H3. The van der Waals surface area contributed by atoms with Gasteiger partial charge < -0.3 is 0 Å². The highest BCUT2D eigenvalue weighted by atomic mass is 32.2. The number of thioether (sulfide) groups is 2. The number of thiocyanates is 1. The summed E-state index contributed by atoms with van der Waals surface area (Å²) in [4.78, 5) is 4.55. The molecule has 15 heavy (non-hydrogen) atoms. The highest BCUT2D eigenvalue weighted by Crippen LogP contribution is 2.35. The van der Waals surface area contributed by atoms with Crippen LogP contribution in [-0.4, -0.2) is 15.7 Å². The highest BCUT2D eigenvalue weighted by Gasteiger charge is 2.27. The lowest BCUT2D eigenvalue weighted by Gasteiger charge is -2.05. The maximum absolute atomic E-state index is 8.64. The van der Waals surface area contributed by atoms with Gasteiger partial charge in [0.25, 0.3) is 0 Å². The summed E-state index contributed by atoms with van der Waals surface area (Å²) in [6.45, 7) is 2.11. The summed E-state index contributed by atoms with van der Waals surface area (Å²) in [6, 6.07) is 10.1. The van der Waals surface area contributed by atoms with Gasteiger partial charge in [-0.25, -0.2) is 0 Å². The van der Waals surface area contributed by atoms with Gasteiger partial charge in [-0.1, -0.05) is 42.1 Å². The van der Waals surface area contributed by atoms with Gasteiger partial charge in [-0.05, 0) is 18.7 Å². The Morgan fingerprint density at radius 3 is 2.80 bits per heavy atom. The number of rotatable bonds is 2. The summed E-state index contributed by atoms with van der Waals surface area (Å²) in [5, 5.41) is 12.3. The van der Waals surface area contributed by atoms with E-state index in [2.05, 4.69) is 29.5 Å². The second-order valence-electron chi connectivity index (χ2n) is 3.22. The van der Waals surface area contributed by atoms with Crippen molar-refractivity contribution in [1.82, 2.24) is 0 Å². The van der Waals surface area contributed by atoms with Crippen LogP contribution in [-0.2, 0) is 0 Å². The monoisotopic (exact) mass is 234 g/mol. The fourth-order valence-corrected chi connectivity index (χ4v) is 3.22. The molecule has 0 amide bonds. The van der Waals surface area contributed by atoms with Crippen LogP contribution >= 0.6 is 23.5 Å². The van der Waals surface area contributed by atoms with Crippen LogP contribution < -0.4 is 0 Å². The summed E-state index contributed by atoms with van der Waals surface area (Å²) in [5.74, 6) is 0. The number of hydrogen-bond acceptors (Lipinski definition) is 4. The van der Waals surface area contributed by atoms with Crippen LogP contribution in [0.4, 0.5) is 0 Å². The van der Waals surface area contributed by atoms with Crippen molar-refractivity contribution in [3.8, 4) is 5.40 Å². The molecule has 1 aliphatic rings. The number of nitrogens with zero attached hydrogens (tertiary/aromatic N) is 2. The maximum atomic E-state index is 8.64. The lowest BCUT2D eigenvalue weighted by Crippen LogP contribution is -2.07. The predicted octanol–water partition coefficient (Wildman–Crippen LogP) is 3.11. The average molecular weight is 234 g/mol. The fraction of sp³-hybridized carbons (Fsp3) is 0.273. The van der Waals surface area contributed by atoms with Crippen LogP contribution in [0.5, 0.6) is 0 Å². The van der Waals surface area contributed by atoms with Crippen molar-refractivity contribution in [2.75, 3.05) is 0 Å². The topological polar surface area (TPSA) is 36.1 Å². The largest absolute Gasteiger partial charge is 0.261 e. The predicted molar refractivity (Wildman–Crippen MR) is 67.0 cm³/mol. The van der Waals surface area contributed by atoms with Crippen molar-refractivity contribution < 1.29 is 0 Å². The van der Waals surface area contributed by atoms with Crippen molar-refractivity contribution >= 4 is 28.6 Å². The Morgan fingerprint density at radius 2 is 2.13 bits per heavy atom. The van der Waals surface area contributed by atoms with Gasteiger partial charge in [0.1, 0.15) is 10.8 Å². The normalized spacial score (nSPS) is 24.7. The minimum Gasteiger partial charge on any atom is -0.261 e. The first kappa shape index (κ1) is 10.6. The van der Waals surface area contributed by atoms with E-state index in [0.29, 0.717) is 5.25 Å². The van der Waals surface area contributed by atoms with Crippen LogP contribution in [0.15, 0.2) is 35.3 Å². The molecule has 2 nitrogen and oxygen atoms in total. The van der Waals surface area contributed by atoms with E-state index in [1.165, 1.54) is 11.8 Å². The minimum atomic E-state index is 0.0789. The Labute approximate surface area is 97.8 Å². The third kappa shape index (κ3) is 2.36. The summed E-state index contributed by atoms with van der Waals surface area (Å²) in [6.07, 6.45) is 0. The van der Waals surface area contributed by atoms with Gasteiger partial charge in [-0.15, -0.1) is 0 Å². The van der Waals surface area contributed by atoms with Crippen molar-refractivity contribution in [1.29, 1.82) is 5.26 Å². The molecule has 0 fully saturated rings. The Morgan fingerprint density at radius 1 is 1.40 bits per heavy atom. The summed E-state index contributed by atoms with van der Waals surface area (Å²) in [5.41, 5.74) is 1.15. The molecule has 1 aromatic carbocycles. The molecule has 0 bridgehead atoms. The van der Waals surface area contributed by atoms with Gasteiger partial charge >= 0.3 is 0 Å². The van der Waals surface area contributed by atoms with E-state index in [0.717, 1.165) is 10.6 Å². The highest BCUT2D eigenvalue weighted by molar-refractivity contribution is 8.16. The quantitative estimate of drug-likeness (QED) is 0.738. The fourth-order valence-electron chi connectivity index (χ4n) is 1.38. The Kier molecular flexibility index (Phi) is 3.34. The van der Waals surface area contributed by atoms with Crippen LogP contribution in [0.1, 0.15) is 12.5 Å². The lowest BCUT2D eigenvalue weighted by molar-refractivity contribution is 0.915. The SMILES string of the molecule is CC1SC(c2ccccc2)=NC1SC#N. The molecule has 1 aliphatic heterocycles. The molecule has 0 aromatic heterocycles. The van der Waals surface area contributed by atoms with Gasteiger partial charge in [0.05, 0.1) is 5.04 Å². The number of benzene rings is 1. The Balaban J connectivity index is 2.20. The zero-order valence-corrected chi connectivity index (χ0v) is 9.89. The van der Waals surface area contributed by atoms with Gasteiger partial charge in [0.2, 0.25) is 0 Å². The number of aliphatic imine (C=N–C) groups is 1. The van der Waals surface area contributed by atoms with E-state index >= 15 is 0 Å². The van der Waals surface area contributed by atoms with Crippen molar-refractivity contribution in [2.45, 2.75) is 17.5 Å². The maximum Gasteiger partial charge on any atom is 0.135 e. The molecular formula is C11H10N2S2. The summed E-state index contributed by atoms with van der Waals surface area (Å²) in [7, 11) is 0. The molecule has 1 heterocycles. The van der Waals surface area contributed by atoms with Crippen molar-refractivity contribution in [2.24, 2.45) is 4.99 Å². The first-order valence-electron chi connectivity index (χ1n) is 4.66. The third-order valence-electron chi connectivity index (χ3n) is 2.14. The molecule has 2 unspecified atom stereocenters. The van der Waals surface area contributed by atoms with Crippen LogP contribution in [0.3, 0.4) is 0 Å². The molecule has 0 aliphatic carbocycles. The minimum absolute atomic E-state index is 0.0789. The van der Waals surface area contributed by atoms with Crippen molar-refractivity contribution in [3.63, 3.8) is 0 Å². The van der Waals surface area contributed by atoms with Gasteiger partial charge in [-0.2, -0.15) is 5.26 Å². The first-order chi connectivity index (χ1) is 7.31. The molecule has 2 rings (SSSR count). The van der Waals surface area contributed by atoms with Crippen LogP contribution in [0.2, 0.25) is 0 Å². The van der Waals surface area contributed by atoms with E-state index < -0.39 is 0 Å². The molecule has 0 radical (unpaired) electrons. The number of hydrogen-bond donors (Lipinski definition) is 0. The molecule has 1 aromatic rings. The average Bonchev–Trinajstić information content (AvgIpc) is 2.63. The molecular weight excluding hydrogens is 224 g/mol. The third-order valence-corrected chi connectivity index (χ3v) is 4.36. The first-order valence-corrected chi connectivity index (χ1v) is 6.42. The summed E-state index contributed by atoms with van der Waals surface area (Å²) >= 11 is 2.99. The van der Waals surface area contributed by atoms with E-state index in [-0.39, 0.29) is 5.37 Å². The second kappa shape index (κ2) is 4.73. The van der Waals surface area contributed by atoms with Gasteiger partial charge in [0, 0.05) is 10.8 Å². The second-order valence-corrected chi connectivity index (χ2v) is 5.49. The number of nitriles is 1. The Hall–Kier alpha value is -0.920. The molecule has 0 spiro atoms. The molecule has 76 valence electrons. The molecule has 2 atom stereocenters. The zero-order chi connectivity index (χ0) is 10.7. The van der Waals surface area contributed by atoms with E-state index in [1.54, 1.807) is 11.8 Å². The Bertz CT molecular complexity index is 408. The molecule has 0 saturated heterocycles. The van der Waals surface area contributed by atoms with E-state index in [4.69, 9.17) is 5.26 Å².